The Balaban J connectivity index is 2.44. The SMILES string of the molecule is COCC(CNC(C)C)N(C)Cc1ccsc1. The van der Waals surface area contributed by atoms with Crippen LogP contribution >= 0.6 is 11.3 Å². The molecule has 0 aliphatic heterocycles. The van der Waals surface area contributed by atoms with Crippen molar-refractivity contribution in [1.29, 1.82) is 0 Å². The van der Waals surface area contributed by atoms with E-state index in [1.54, 1.807) is 18.4 Å². The van der Waals surface area contributed by atoms with Crippen molar-refractivity contribution < 1.29 is 4.74 Å². The van der Waals surface area contributed by atoms with Crippen LogP contribution in [0.5, 0.6) is 0 Å². The van der Waals surface area contributed by atoms with E-state index in [0.717, 1.165) is 19.7 Å². The van der Waals surface area contributed by atoms with Gasteiger partial charge in [0.2, 0.25) is 0 Å². The molecule has 17 heavy (non-hydrogen) atoms. The number of nitrogens with zero attached hydrogens (tertiary/aromatic N) is 1. The fraction of sp³-hybridized carbons (Fsp3) is 0.692. The Morgan fingerprint density at radius 3 is 2.76 bits per heavy atom. The summed E-state index contributed by atoms with van der Waals surface area (Å²) >= 11 is 1.75. The van der Waals surface area contributed by atoms with Gasteiger partial charge >= 0.3 is 0 Å². The molecule has 0 saturated heterocycles. The highest BCUT2D eigenvalue weighted by Gasteiger charge is 2.15. The van der Waals surface area contributed by atoms with Crippen LogP contribution in [0.1, 0.15) is 19.4 Å². The molecule has 1 heterocycles. The molecule has 0 aliphatic carbocycles. The minimum Gasteiger partial charge on any atom is -0.383 e. The molecule has 1 unspecified atom stereocenters. The van der Waals surface area contributed by atoms with Gasteiger partial charge in [0.15, 0.2) is 0 Å². The number of nitrogens with one attached hydrogen (secondary N) is 1. The molecule has 3 nitrogen and oxygen atoms in total. The molecule has 0 saturated carbocycles. The molecule has 1 atom stereocenters. The zero-order valence-corrected chi connectivity index (χ0v) is 12.1. The Kier molecular flexibility index (Phi) is 6.73. The van der Waals surface area contributed by atoms with E-state index in [2.05, 4.69) is 47.9 Å². The third kappa shape index (κ3) is 5.64. The van der Waals surface area contributed by atoms with E-state index in [9.17, 15) is 0 Å². The normalized spacial score (nSPS) is 13.5. The number of rotatable bonds is 8. The zero-order chi connectivity index (χ0) is 12.7. The van der Waals surface area contributed by atoms with Crippen LogP contribution < -0.4 is 5.32 Å². The van der Waals surface area contributed by atoms with Crippen molar-refractivity contribution in [2.45, 2.75) is 32.5 Å². The number of hydrogen-bond acceptors (Lipinski definition) is 4. The largest absolute Gasteiger partial charge is 0.383 e. The lowest BCUT2D eigenvalue weighted by molar-refractivity contribution is 0.100. The van der Waals surface area contributed by atoms with Crippen molar-refractivity contribution in [3.63, 3.8) is 0 Å². The Morgan fingerprint density at radius 1 is 1.47 bits per heavy atom. The van der Waals surface area contributed by atoms with Gasteiger partial charge in [0.1, 0.15) is 0 Å². The highest BCUT2D eigenvalue weighted by atomic mass is 32.1. The molecule has 0 aliphatic rings. The quantitative estimate of drug-likeness (QED) is 0.771. The van der Waals surface area contributed by atoms with Gasteiger partial charge in [0.25, 0.3) is 0 Å². The highest BCUT2D eigenvalue weighted by molar-refractivity contribution is 7.07. The van der Waals surface area contributed by atoms with Crippen molar-refractivity contribution in [2.24, 2.45) is 0 Å². The second-order valence-corrected chi connectivity index (χ2v) is 5.50. The predicted octanol–water partition coefficient (Wildman–Crippen LogP) is 2.19. The van der Waals surface area contributed by atoms with Gasteiger partial charge in [-0.25, -0.2) is 0 Å². The second kappa shape index (κ2) is 7.82. The van der Waals surface area contributed by atoms with Crippen molar-refractivity contribution >= 4 is 11.3 Å². The molecular weight excluding hydrogens is 232 g/mol. The summed E-state index contributed by atoms with van der Waals surface area (Å²) in [6.07, 6.45) is 0. The van der Waals surface area contributed by atoms with Gasteiger partial charge in [-0.3, -0.25) is 4.90 Å². The van der Waals surface area contributed by atoms with Crippen LogP contribution in [0.3, 0.4) is 0 Å². The first-order valence-electron chi connectivity index (χ1n) is 6.07. The minimum atomic E-state index is 0.419. The number of hydrogen-bond donors (Lipinski definition) is 1. The van der Waals surface area contributed by atoms with Crippen molar-refractivity contribution in [3.8, 4) is 0 Å². The molecular formula is C13H24N2OS. The summed E-state index contributed by atoms with van der Waals surface area (Å²) in [5.74, 6) is 0. The molecule has 1 aromatic rings. The third-order valence-electron chi connectivity index (χ3n) is 2.76. The highest BCUT2D eigenvalue weighted by Crippen LogP contribution is 2.10. The Morgan fingerprint density at radius 2 is 2.24 bits per heavy atom. The summed E-state index contributed by atoms with van der Waals surface area (Å²) in [7, 11) is 3.92. The first-order valence-corrected chi connectivity index (χ1v) is 7.01. The van der Waals surface area contributed by atoms with Crippen molar-refractivity contribution in [3.05, 3.63) is 22.4 Å². The van der Waals surface area contributed by atoms with Crippen molar-refractivity contribution in [1.82, 2.24) is 10.2 Å². The summed E-state index contributed by atoms with van der Waals surface area (Å²) in [5, 5.41) is 7.80. The van der Waals surface area contributed by atoms with Crippen LogP contribution in [0.2, 0.25) is 0 Å². The van der Waals surface area contributed by atoms with Crippen LogP contribution in [-0.4, -0.2) is 44.3 Å². The molecule has 1 N–H and O–H groups in total. The molecule has 0 fully saturated rings. The minimum absolute atomic E-state index is 0.419. The first kappa shape index (κ1) is 14.6. The molecule has 0 spiro atoms. The molecule has 0 bridgehead atoms. The summed E-state index contributed by atoms with van der Waals surface area (Å²) in [5.41, 5.74) is 1.38. The maximum atomic E-state index is 5.30. The molecule has 0 radical (unpaired) electrons. The summed E-state index contributed by atoms with van der Waals surface area (Å²) in [6, 6.07) is 3.12. The van der Waals surface area contributed by atoms with Crippen LogP contribution in [0.25, 0.3) is 0 Å². The standard InChI is InChI=1S/C13H24N2OS/c1-11(2)14-7-13(9-16-4)15(3)8-12-5-6-17-10-12/h5-6,10-11,13-14H,7-9H2,1-4H3. The van der Waals surface area contributed by atoms with Gasteiger partial charge in [-0.1, -0.05) is 13.8 Å². The average Bonchev–Trinajstić information content (AvgIpc) is 2.76. The van der Waals surface area contributed by atoms with Crippen LogP contribution in [-0.2, 0) is 11.3 Å². The lowest BCUT2D eigenvalue weighted by atomic mass is 10.2. The third-order valence-corrected chi connectivity index (χ3v) is 3.49. The number of thiophene rings is 1. The van der Waals surface area contributed by atoms with E-state index < -0.39 is 0 Å². The number of ether oxygens (including phenoxy) is 1. The molecule has 0 amide bonds. The monoisotopic (exact) mass is 256 g/mol. The van der Waals surface area contributed by atoms with Gasteiger partial charge < -0.3 is 10.1 Å². The Labute approximate surface area is 109 Å². The van der Waals surface area contributed by atoms with E-state index in [1.165, 1.54) is 5.56 Å². The lowest BCUT2D eigenvalue weighted by Crippen LogP contribution is -2.44. The molecule has 1 aromatic heterocycles. The fourth-order valence-electron chi connectivity index (χ4n) is 1.71. The lowest BCUT2D eigenvalue weighted by Gasteiger charge is -2.28. The molecule has 0 aromatic carbocycles. The van der Waals surface area contributed by atoms with Crippen LogP contribution in [0.15, 0.2) is 16.8 Å². The van der Waals surface area contributed by atoms with E-state index in [0.29, 0.717) is 12.1 Å². The Bertz CT molecular complexity index is 288. The van der Waals surface area contributed by atoms with E-state index in [-0.39, 0.29) is 0 Å². The van der Waals surface area contributed by atoms with Crippen LogP contribution in [0.4, 0.5) is 0 Å². The first-order chi connectivity index (χ1) is 8.13. The van der Waals surface area contributed by atoms with Crippen molar-refractivity contribution in [2.75, 3.05) is 27.3 Å². The smallest absolute Gasteiger partial charge is 0.0630 e. The fourth-order valence-corrected chi connectivity index (χ4v) is 2.37. The molecule has 98 valence electrons. The van der Waals surface area contributed by atoms with E-state index in [4.69, 9.17) is 4.74 Å². The predicted molar refractivity (Wildman–Crippen MR) is 74.6 cm³/mol. The number of methoxy groups -OCH3 is 1. The van der Waals surface area contributed by atoms with E-state index in [1.807, 2.05) is 0 Å². The van der Waals surface area contributed by atoms with Gasteiger partial charge in [-0.05, 0) is 29.4 Å². The number of likely N-dealkylation sites (N-methyl/N-ethyl adjacent to an activating group) is 1. The van der Waals surface area contributed by atoms with Gasteiger partial charge in [0, 0.05) is 32.3 Å². The average molecular weight is 256 g/mol. The second-order valence-electron chi connectivity index (χ2n) is 4.72. The molecule has 1 rings (SSSR count). The summed E-state index contributed by atoms with van der Waals surface area (Å²) in [4.78, 5) is 2.35. The topological polar surface area (TPSA) is 24.5 Å². The van der Waals surface area contributed by atoms with E-state index >= 15 is 0 Å². The van der Waals surface area contributed by atoms with Crippen LogP contribution in [0, 0.1) is 0 Å². The maximum Gasteiger partial charge on any atom is 0.0630 e. The van der Waals surface area contributed by atoms with Gasteiger partial charge in [0.05, 0.1) is 6.61 Å². The summed E-state index contributed by atoms with van der Waals surface area (Å²) < 4.78 is 5.30. The van der Waals surface area contributed by atoms with Gasteiger partial charge in [-0.15, -0.1) is 0 Å². The zero-order valence-electron chi connectivity index (χ0n) is 11.3. The Hall–Kier alpha value is -0.420. The summed E-state index contributed by atoms with van der Waals surface area (Å²) in [6.45, 7) is 7.05. The maximum absolute atomic E-state index is 5.30. The molecule has 4 heteroatoms. The van der Waals surface area contributed by atoms with Gasteiger partial charge in [-0.2, -0.15) is 11.3 Å².